The highest BCUT2D eigenvalue weighted by Gasteiger charge is 2.18. The minimum absolute atomic E-state index is 0.133. The number of hydrogen-bond donors (Lipinski definition) is 0. The van der Waals surface area contributed by atoms with Gasteiger partial charge in [0.15, 0.2) is 11.6 Å². The lowest BCUT2D eigenvalue weighted by molar-refractivity contribution is 0.0820. The fraction of sp³-hybridized carbons (Fsp3) is 0.545. The van der Waals surface area contributed by atoms with Crippen molar-refractivity contribution in [3.05, 3.63) is 24.1 Å². The molecule has 82 valence electrons. The van der Waals surface area contributed by atoms with Crippen LogP contribution in [0.5, 0.6) is 0 Å². The van der Waals surface area contributed by atoms with Crippen LogP contribution in [0.3, 0.4) is 0 Å². The van der Waals surface area contributed by atoms with E-state index in [0.717, 1.165) is 19.6 Å². The average Bonchev–Trinajstić information content (AvgIpc) is 2.43. The Kier molecular flexibility index (Phi) is 3.16. The lowest BCUT2D eigenvalue weighted by Gasteiger charge is -2.23. The zero-order valence-electron chi connectivity index (χ0n) is 8.82. The summed E-state index contributed by atoms with van der Waals surface area (Å²) in [6, 6.07) is 3.05. The molecule has 1 atom stereocenters. The van der Waals surface area contributed by atoms with Crippen LogP contribution in [0.2, 0.25) is 0 Å². The van der Waals surface area contributed by atoms with Gasteiger partial charge in [0, 0.05) is 25.9 Å². The Bertz CT molecular complexity index is 332. The summed E-state index contributed by atoms with van der Waals surface area (Å²) in [6.07, 6.45) is 2.67. The first-order valence-electron chi connectivity index (χ1n) is 5.24. The van der Waals surface area contributed by atoms with Crippen molar-refractivity contribution in [1.29, 1.82) is 0 Å². The molecule has 0 spiro atoms. The molecule has 0 saturated carbocycles. The smallest absolute Gasteiger partial charge is 0.165 e. The van der Waals surface area contributed by atoms with E-state index in [2.05, 4.69) is 4.98 Å². The summed E-state index contributed by atoms with van der Waals surface area (Å²) in [5.74, 6) is 0.182. The van der Waals surface area contributed by atoms with Crippen molar-refractivity contribution in [2.24, 2.45) is 0 Å². The summed E-state index contributed by atoms with van der Waals surface area (Å²) < 4.78 is 19.0. The SMILES string of the molecule is CC1CN(c2ncccc2F)CCCO1. The average molecular weight is 210 g/mol. The summed E-state index contributed by atoms with van der Waals surface area (Å²) in [5.41, 5.74) is 0. The summed E-state index contributed by atoms with van der Waals surface area (Å²) in [6.45, 7) is 4.25. The van der Waals surface area contributed by atoms with Gasteiger partial charge in [-0.1, -0.05) is 0 Å². The van der Waals surface area contributed by atoms with E-state index in [1.54, 1.807) is 12.3 Å². The Morgan fingerprint density at radius 3 is 3.27 bits per heavy atom. The van der Waals surface area contributed by atoms with Crippen molar-refractivity contribution in [3.63, 3.8) is 0 Å². The molecule has 1 aliphatic rings. The molecule has 4 heteroatoms. The van der Waals surface area contributed by atoms with Gasteiger partial charge in [-0.25, -0.2) is 9.37 Å². The second-order valence-electron chi connectivity index (χ2n) is 3.79. The molecular weight excluding hydrogens is 195 g/mol. The number of halogens is 1. The predicted octanol–water partition coefficient (Wildman–Crippen LogP) is 1.84. The molecule has 0 bridgehead atoms. The van der Waals surface area contributed by atoms with Crippen LogP contribution in [0.1, 0.15) is 13.3 Å². The van der Waals surface area contributed by atoms with Gasteiger partial charge in [-0.15, -0.1) is 0 Å². The van der Waals surface area contributed by atoms with Crippen LogP contribution in [0.15, 0.2) is 18.3 Å². The lowest BCUT2D eigenvalue weighted by atomic mass is 10.3. The predicted molar refractivity (Wildman–Crippen MR) is 56.4 cm³/mol. The number of hydrogen-bond acceptors (Lipinski definition) is 3. The molecule has 1 fully saturated rings. The van der Waals surface area contributed by atoms with Crippen molar-refractivity contribution in [1.82, 2.24) is 4.98 Å². The second-order valence-corrected chi connectivity index (χ2v) is 3.79. The van der Waals surface area contributed by atoms with Crippen LogP contribution in [0.4, 0.5) is 10.2 Å². The molecule has 0 N–H and O–H groups in total. The second kappa shape index (κ2) is 4.57. The van der Waals surface area contributed by atoms with E-state index in [0.29, 0.717) is 12.4 Å². The molecule has 0 aliphatic carbocycles. The van der Waals surface area contributed by atoms with Crippen LogP contribution in [0.25, 0.3) is 0 Å². The number of pyridine rings is 1. The summed E-state index contributed by atoms with van der Waals surface area (Å²) in [7, 11) is 0. The van der Waals surface area contributed by atoms with Crippen LogP contribution in [-0.4, -0.2) is 30.8 Å². The van der Waals surface area contributed by atoms with Crippen LogP contribution in [-0.2, 0) is 4.74 Å². The molecule has 0 amide bonds. The number of rotatable bonds is 1. The molecule has 1 aromatic rings. The normalized spacial score (nSPS) is 22.5. The molecule has 1 saturated heterocycles. The Hall–Kier alpha value is -1.16. The number of aromatic nitrogens is 1. The maximum absolute atomic E-state index is 13.5. The van der Waals surface area contributed by atoms with Gasteiger partial charge < -0.3 is 9.64 Å². The molecule has 1 aromatic heterocycles. The van der Waals surface area contributed by atoms with Crippen LogP contribution in [0, 0.1) is 5.82 Å². The molecule has 0 radical (unpaired) electrons. The van der Waals surface area contributed by atoms with E-state index in [-0.39, 0.29) is 11.9 Å². The van der Waals surface area contributed by atoms with Gasteiger partial charge in [-0.3, -0.25) is 0 Å². The Labute approximate surface area is 88.9 Å². The summed E-state index contributed by atoms with van der Waals surface area (Å²) >= 11 is 0. The molecule has 15 heavy (non-hydrogen) atoms. The number of ether oxygens (including phenoxy) is 1. The topological polar surface area (TPSA) is 25.4 Å². The van der Waals surface area contributed by atoms with Crippen molar-refractivity contribution >= 4 is 5.82 Å². The minimum Gasteiger partial charge on any atom is -0.377 e. The maximum Gasteiger partial charge on any atom is 0.165 e. The van der Waals surface area contributed by atoms with Gasteiger partial charge >= 0.3 is 0 Å². The van der Waals surface area contributed by atoms with E-state index < -0.39 is 0 Å². The molecule has 2 rings (SSSR count). The van der Waals surface area contributed by atoms with Crippen molar-refractivity contribution in [3.8, 4) is 0 Å². The molecule has 0 aromatic carbocycles. The molecule has 1 unspecified atom stereocenters. The third-order valence-electron chi connectivity index (χ3n) is 2.49. The molecule has 3 nitrogen and oxygen atoms in total. The van der Waals surface area contributed by atoms with Crippen LogP contribution < -0.4 is 4.90 Å². The zero-order chi connectivity index (χ0) is 10.7. The number of nitrogens with zero attached hydrogens (tertiary/aromatic N) is 2. The maximum atomic E-state index is 13.5. The Morgan fingerprint density at radius 1 is 1.60 bits per heavy atom. The lowest BCUT2D eigenvalue weighted by Crippen LogP contribution is -2.31. The Balaban J connectivity index is 2.18. The van der Waals surface area contributed by atoms with Gasteiger partial charge in [-0.05, 0) is 25.5 Å². The van der Waals surface area contributed by atoms with E-state index in [1.165, 1.54) is 6.07 Å². The highest BCUT2D eigenvalue weighted by Crippen LogP contribution is 2.18. The van der Waals surface area contributed by atoms with E-state index in [1.807, 2.05) is 11.8 Å². The van der Waals surface area contributed by atoms with E-state index in [4.69, 9.17) is 4.74 Å². The van der Waals surface area contributed by atoms with Gasteiger partial charge in [0.1, 0.15) is 0 Å². The van der Waals surface area contributed by atoms with Crippen molar-refractivity contribution in [2.45, 2.75) is 19.4 Å². The Morgan fingerprint density at radius 2 is 2.47 bits per heavy atom. The minimum atomic E-state index is -0.258. The molecule has 1 aliphatic heterocycles. The van der Waals surface area contributed by atoms with Gasteiger partial charge in [-0.2, -0.15) is 0 Å². The zero-order valence-corrected chi connectivity index (χ0v) is 8.82. The summed E-state index contributed by atoms with van der Waals surface area (Å²) in [5, 5.41) is 0. The third-order valence-corrected chi connectivity index (χ3v) is 2.49. The fourth-order valence-corrected chi connectivity index (χ4v) is 1.80. The first-order chi connectivity index (χ1) is 7.27. The monoisotopic (exact) mass is 210 g/mol. The first-order valence-corrected chi connectivity index (χ1v) is 5.24. The highest BCUT2D eigenvalue weighted by molar-refractivity contribution is 5.39. The van der Waals surface area contributed by atoms with E-state index in [9.17, 15) is 4.39 Å². The van der Waals surface area contributed by atoms with E-state index >= 15 is 0 Å². The largest absolute Gasteiger partial charge is 0.377 e. The number of anilines is 1. The van der Waals surface area contributed by atoms with Crippen molar-refractivity contribution in [2.75, 3.05) is 24.6 Å². The van der Waals surface area contributed by atoms with Gasteiger partial charge in [0.25, 0.3) is 0 Å². The highest BCUT2D eigenvalue weighted by atomic mass is 19.1. The fourth-order valence-electron chi connectivity index (χ4n) is 1.80. The van der Waals surface area contributed by atoms with Crippen LogP contribution >= 0.6 is 0 Å². The molecular formula is C11H15FN2O. The third kappa shape index (κ3) is 2.45. The van der Waals surface area contributed by atoms with Gasteiger partial charge in [0.05, 0.1) is 6.10 Å². The first kappa shape index (κ1) is 10.4. The quantitative estimate of drug-likeness (QED) is 0.707. The van der Waals surface area contributed by atoms with Crippen molar-refractivity contribution < 1.29 is 9.13 Å². The molecule has 2 heterocycles. The standard InChI is InChI=1S/C11H15FN2O/c1-9-8-14(6-3-7-15-9)11-10(12)4-2-5-13-11/h2,4-5,9H,3,6-8H2,1H3. The summed E-state index contributed by atoms with van der Waals surface area (Å²) in [4.78, 5) is 6.02. The van der Waals surface area contributed by atoms with Gasteiger partial charge in [0.2, 0.25) is 0 Å².